The van der Waals surface area contributed by atoms with Gasteiger partial charge in [0.05, 0.1) is 5.75 Å². The van der Waals surface area contributed by atoms with Gasteiger partial charge in [0.25, 0.3) is 0 Å². The van der Waals surface area contributed by atoms with Crippen molar-refractivity contribution >= 4 is 17.7 Å². The number of carbonyl (C=O) groups is 1. The molecule has 0 radical (unpaired) electrons. The van der Waals surface area contributed by atoms with Gasteiger partial charge in [0.1, 0.15) is 5.37 Å². The third-order valence-electron chi connectivity index (χ3n) is 4.21. The van der Waals surface area contributed by atoms with E-state index in [0.717, 1.165) is 25.1 Å². The number of hydrogen-bond donors (Lipinski definition) is 1. The van der Waals surface area contributed by atoms with Crippen molar-refractivity contribution in [2.45, 2.75) is 37.1 Å². The standard InChI is InChI=1S/C18H22N2OS/c21-17-14-22-18(10-9-15-6-2-1-3-7-15)20(17)13-11-16-8-4-5-12-19-16/h1-3,6-7,16,18-19H,4-5,8,11-14H2. The summed E-state index contributed by atoms with van der Waals surface area (Å²) < 4.78 is 0. The topological polar surface area (TPSA) is 32.3 Å². The Labute approximate surface area is 136 Å². The summed E-state index contributed by atoms with van der Waals surface area (Å²) in [6.45, 7) is 1.93. The Bertz CT molecular complexity index is 557. The molecular weight excluding hydrogens is 292 g/mol. The van der Waals surface area contributed by atoms with Gasteiger partial charge in [0, 0.05) is 18.2 Å². The van der Waals surface area contributed by atoms with Gasteiger partial charge in [0.15, 0.2) is 0 Å². The van der Waals surface area contributed by atoms with Crippen LogP contribution in [0.4, 0.5) is 0 Å². The molecule has 4 heteroatoms. The maximum Gasteiger partial charge on any atom is 0.234 e. The number of piperidine rings is 1. The molecular formula is C18H22N2OS. The molecule has 2 saturated heterocycles. The summed E-state index contributed by atoms with van der Waals surface area (Å²) in [6.07, 6.45) is 4.85. The zero-order valence-corrected chi connectivity index (χ0v) is 13.6. The van der Waals surface area contributed by atoms with E-state index in [0.29, 0.717) is 11.8 Å². The van der Waals surface area contributed by atoms with Crippen molar-refractivity contribution in [3.05, 3.63) is 35.9 Å². The SMILES string of the molecule is O=C1CSC(C#Cc2ccccc2)N1CCC1CCCCN1. The molecule has 2 aliphatic rings. The lowest BCUT2D eigenvalue weighted by Gasteiger charge is -2.27. The number of thioether (sulfide) groups is 1. The first kappa shape index (κ1) is 15.5. The molecule has 22 heavy (non-hydrogen) atoms. The minimum absolute atomic E-state index is 0.0105. The molecule has 2 unspecified atom stereocenters. The Morgan fingerprint density at radius 1 is 1.27 bits per heavy atom. The van der Waals surface area contributed by atoms with Crippen LogP contribution in [0.3, 0.4) is 0 Å². The summed E-state index contributed by atoms with van der Waals surface area (Å²) >= 11 is 1.65. The highest BCUT2D eigenvalue weighted by molar-refractivity contribution is 8.01. The Balaban J connectivity index is 1.58. The van der Waals surface area contributed by atoms with Crippen molar-refractivity contribution in [3.63, 3.8) is 0 Å². The lowest BCUT2D eigenvalue weighted by Crippen LogP contribution is -2.39. The molecule has 0 bridgehead atoms. The second-order valence-corrected chi connectivity index (χ2v) is 6.89. The van der Waals surface area contributed by atoms with Crippen LogP contribution in [-0.4, -0.2) is 41.1 Å². The fourth-order valence-electron chi connectivity index (χ4n) is 2.95. The predicted molar refractivity (Wildman–Crippen MR) is 91.5 cm³/mol. The van der Waals surface area contributed by atoms with E-state index >= 15 is 0 Å². The molecule has 0 aromatic heterocycles. The van der Waals surface area contributed by atoms with Crippen molar-refractivity contribution in [1.29, 1.82) is 0 Å². The number of hydrogen-bond acceptors (Lipinski definition) is 3. The summed E-state index contributed by atoms with van der Waals surface area (Å²) in [4.78, 5) is 14.0. The van der Waals surface area contributed by atoms with Crippen LogP contribution in [0.1, 0.15) is 31.2 Å². The average Bonchev–Trinajstić information content (AvgIpc) is 2.93. The third kappa shape index (κ3) is 4.06. The molecule has 2 fully saturated rings. The van der Waals surface area contributed by atoms with E-state index in [4.69, 9.17) is 0 Å². The van der Waals surface area contributed by atoms with Crippen LogP contribution < -0.4 is 5.32 Å². The molecule has 1 N–H and O–H groups in total. The van der Waals surface area contributed by atoms with E-state index in [-0.39, 0.29) is 11.3 Å². The van der Waals surface area contributed by atoms with Gasteiger partial charge in [-0.05, 0) is 37.9 Å². The molecule has 1 aromatic rings. The minimum atomic E-state index is 0.0105. The van der Waals surface area contributed by atoms with Gasteiger partial charge in [-0.2, -0.15) is 0 Å². The van der Waals surface area contributed by atoms with Crippen LogP contribution in [0.5, 0.6) is 0 Å². The van der Waals surface area contributed by atoms with E-state index < -0.39 is 0 Å². The lowest BCUT2D eigenvalue weighted by atomic mass is 10.0. The first-order valence-corrected chi connectivity index (χ1v) is 9.09. The zero-order valence-electron chi connectivity index (χ0n) is 12.8. The molecule has 116 valence electrons. The van der Waals surface area contributed by atoms with Gasteiger partial charge in [-0.15, -0.1) is 11.8 Å². The average molecular weight is 314 g/mol. The highest BCUT2D eigenvalue weighted by atomic mass is 32.2. The van der Waals surface area contributed by atoms with Crippen LogP contribution in [0, 0.1) is 11.8 Å². The van der Waals surface area contributed by atoms with Gasteiger partial charge in [-0.3, -0.25) is 4.79 Å². The van der Waals surface area contributed by atoms with Crippen molar-refractivity contribution in [1.82, 2.24) is 10.2 Å². The number of amides is 1. The largest absolute Gasteiger partial charge is 0.319 e. The van der Waals surface area contributed by atoms with E-state index in [1.807, 2.05) is 35.2 Å². The molecule has 0 aliphatic carbocycles. The summed E-state index contributed by atoms with van der Waals surface area (Å²) in [5, 5.41) is 3.56. The van der Waals surface area contributed by atoms with Crippen LogP contribution in [0.25, 0.3) is 0 Å². The highest BCUT2D eigenvalue weighted by Gasteiger charge is 2.30. The molecule has 2 heterocycles. The second-order valence-electron chi connectivity index (χ2n) is 5.82. The molecule has 0 spiro atoms. The minimum Gasteiger partial charge on any atom is -0.319 e. The van der Waals surface area contributed by atoms with Gasteiger partial charge >= 0.3 is 0 Å². The molecule has 3 rings (SSSR count). The molecule has 1 amide bonds. The Hall–Kier alpha value is -1.44. The Kier molecular flexibility index (Phi) is 5.42. The van der Waals surface area contributed by atoms with E-state index in [9.17, 15) is 4.79 Å². The molecule has 1 aromatic carbocycles. The Morgan fingerprint density at radius 2 is 2.14 bits per heavy atom. The molecule has 2 atom stereocenters. The number of nitrogens with one attached hydrogen (secondary N) is 1. The quantitative estimate of drug-likeness (QED) is 0.870. The zero-order chi connectivity index (χ0) is 15.2. The van der Waals surface area contributed by atoms with Crippen molar-refractivity contribution in [3.8, 4) is 11.8 Å². The summed E-state index contributed by atoms with van der Waals surface area (Å²) in [5.41, 5.74) is 1.01. The molecule has 2 aliphatic heterocycles. The number of nitrogens with zero attached hydrogens (tertiary/aromatic N) is 1. The summed E-state index contributed by atoms with van der Waals surface area (Å²) in [5.74, 6) is 7.25. The fraction of sp³-hybridized carbons (Fsp3) is 0.500. The maximum atomic E-state index is 12.1. The fourth-order valence-corrected chi connectivity index (χ4v) is 3.96. The number of benzene rings is 1. The van der Waals surface area contributed by atoms with Gasteiger partial charge < -0.3 is 10.2 Å². The smallest absolute Gasteiger partial charge is 0.234 e. The van der Waals surface area contributed by atoms with Crippen molar-refractivity contribution in [2.24, 2.45) is 0 Å². The summed E-state index contributed by atoms with van der Waals surface area (Å²) in [7, 11) is 0. The van der Waals surface area contributed by atoms with Gasteiger partial charge in [0.2, 0.25) is 5.91 Å². The highest BCUT2D eigenvalue weighted by Crippen LogP contribution is 2.25. The summed E-state index contributed by atoms with van der Waals surface area (Å²) in [6, 6.07) is 10.5. The van der Waals surface area contributed by atoms with E-state index in [1.165, 1.54) is 19.3 Å². The van der Waals surface area contributed by atoms with Crippen molar-refractivity contribution < 1.29 is 4.79 Å². The predicted octanol–water partition coefficient (Wildman–Crippen LogP) is 2.47. The number of rotatable bonds is 3. The van der Waals surface area contributed by atoms with Gasteiger partial charge in [-0.25, -0.2) is 0 Å². The van der Waals surface area contributed by atoms with Crippen LogP contribution in [0.2, 0.25) is 0 Å². The first-order valence-electron chi connectivity index (χ1n) is 8.04. The van der Waals surface area contributed by atoms with E-state index in [1.54, 1.807) is 11.8 Å². The lowest BCUT2D eigenvalue weighted by molar-refractivity contribution is -0.127. The van der Waals surface area contributed by atoms with Crippen LogP contribution in [0.15, 0.2) is 30.3 Å². The Morgan fingerprint density at radius 3 is 2.91 bits per heavy atom. The van der Waals surface area contributed by atoms with Crippen LogP contribution >= 0.6 is 11.8 Å². The monoisotopic (exact) mass is 314 g/mol. The van der Waals surface area contributed by atoms with Gasteiger partial charge in [-0.1, -0.05) is 36.5 Å². The normalized spacial score (nSPS) is 24.9. The van der Waals surface area contributed by atoms with E-state index in [2.05, 4.69) is 17.2 Å². The first-order chi connectivity index (χ1) is 10.8. The molecule has 0 saturated carbocycles. The van der Waals surface area contributed by atoms with Crippen LogP contribution in [-0.2, 0) is 4.79 Å². The number of carbonyl (C=O) groups excluding carboxylic acids is 1. The molecule has 3 nitrogen and oxygen atoms in total. The third-order valence-corrected chi connectivity index (χ3v) is 5.31. The van der Waals surface area contributed by atoms with Crippen molar-refractivity contribution in [2.75, 3.05) is 18.8 Å². The maximum absolute atomic E-state index is 12.1. The second kappa shape index (κ2) is 7.71.